The van der Waals surface area contributed by atoms with E-state index in [2.05, 4.69) is 10.3 Å². The lowest BCUT2D eigenvalue weighted by atomic mass is 10.00. The number of urea groups is 1. The number of nitrogens with zero attached hydrogens (tertiary/aromatic N) is 5. The van der Waals surface area contributed by atoms with Crippen LogP contribution in [0.3, 0.4) is 0 Å². The first-order chi connectivity index (χ1) is 12.6. The summed E-state index contributed by atoms with van der Waals surface area (Å²) < 4.78 is 7.54. The summed E-state index contributed by atoms with van der Waals surface area (Å²) in [6.07, 6.45) is 6.12. The minimum absolute atomic E-state index is 0.102. The minimum Gasteiger partial charge on any atom is -0.487 e. The molecule has 0 radical (unpaired) electrons. The summed E-state index contributed by atoms with van der Waals surface area (Å²) in [5.74, 6) is 0.821. The second-order valence-electron chi connectivity index (χ2n) is 6.88. The van der Waals surface area contributed by atoms with Gasteiger partial charge in [0.05, 0.1) is 6.20 Å². The molecule has 1 aromatic heterocycles. The zero-order valence-corrected chi connectivity index (χ0v) is 15.5. The largest absolute Gasteiger partial charge is 0.487 e. The van der Waals surface area contributed by atoms with Crippen LogP contribution in [0.2, 0.25) is 0 Å². The van der Waals surface area contributed by atoms with Crippen molar-refractivity contribution >= 4 is 6.03 Å². The molecular formula is C19H27N5O2. The number of rotatable bonds is 6. The maximum atomic E-state index is 12.3. The van der Waals surface area contributed by atoms with Gasteiger partial charge in [-0.15, -0.1) is 5.10 Å². The molecule has 1 atom stereocenters. The van der Waals surface area contributed by atoms with Crippen LogP contribution in [0.25, 0.3) is 0 Å². The molecule has 140 valence electrons. The molecular weight excluding hydrogens is 330 g/mol. The van der Waals surface area contributed by atoms with E-state index in [0.29, 0.717) is 6.61 Å². The fraction of sp³-hybridized carbons (Fsp3) is 0.526. The lowest BCUT2D eigenvalue weighted by molar-refractivity contribution is 0.122. The summed E-state index contributed by atoms with van der Waals surface area (Å²) in [7, 11) is 3.62. The fourth-order valence-corrected chi connectivity index (χ4v) is 3.28. The molecule has 26 heavy (non-hydrogen) atoms. The molecule has 0 spiro atoms. The van der Waals surface area contributed by atoms with E-state index in [4.69, 9.17) is 4.74 Å². The van der Waals surface area contributed by atoms with E-state index in [9.17, 15) is 4.79 Å². The highest BCUT2D eigenvalue weighted by atomic mass is 16.5. The molecule has 1 aliphatic heterocycles. The normalized spacial score (nSPS) is 17.2. The van der Waals surface area contributed by atoms with Gasteiger partial charge in [-0.05, 0) is 37.8 Å². The van der Waals surface area contributed by atoms with Crippen LogP contribution in [0.1, 0.15) is 31.4 Å². The van der Waals surface area contributed by atoms with E-state index >= 15 is 0 Å². The number of ether oxygens (including phenoxy) is 1. The van der Waals surface area contributed by atoms with Crippen molar-refractivity contribution in [3.63, 3.8) is 0 Å². The van der Waals surface area contributed by atoms with Crippen molar-refractivity contribution in [1.82, 2.24) is 24.8 Å². The lowest BCUT2D eigenvalue weighted by Crippen LogP contribution is -2.48. The summed E-state index contributed by atoms with van der Waals surface area (Å²) >= 11 is 0. The van der Waals surface area contributed by atoms with Crippen LogP contribution in [-0.4, -0.2) is 57.5 Å². The number of aryl methyl sites for hydroxylation is 1. The first-order valence-corrected chi connectivity index (χ1v) is 9.18. The number of piperidine rings is 1. The predicted octanol–water partition coefficient (Wildman–Crippen LogP) is 2.78. The van der Waals surface area contributed by atoms with Crippen molar-refractivity contribution in [2.24, 2.45) is 0 Å². The summed E-state index contributed by atoms with van der Waals surface area (Å²) in [5, 5.41) is 8.37. The zero-order chi connectivity index (χ0) is 18.4. The van der Waals surface area contributed by atoms with Crippen LogP contribution in [-0.2, 0) is 13.2 Å². The van der Waals surface area contributed by atoms with Crippen LogP contribution in [0.5, 0.6) is 5.75 Å². The number of carbonyl (C=O) groups excluding carboxylic acids is 1. The van der Waals surface area contributed by atoms with E-state index in [1.54, 1.807) is 4.90 Å². The molecule has 1 fully saturated rings. The van der Waals surface area contributed by atoms with Gasteiger partial charge in [0, 0.05) is 33.2 Å². The molecule has 1 unspecified atom stereocenters. The van der Waals surface area contributed by atoms with Gasteiger partial charge in [-0.25, -0.2) is 4.79 Å². The molecule has 1 aromatic carbocycles. The summed E-state index contributed by atoms with van der Waals surface area (Å²) in [4.78, 5) is 16.0. The lowest BCUT2D eigenvalue weighted by Gasteiger charge is -2.37. The second kappa shape index (κ2) is 8.69. The molecule has 0 saturated carbocycles. The van der Waals surface area contributed by atoms with Crippen molar-refractivity contribution in [3.8, 4) is 5.75 Å². The SMILES string of the molecule is CN(C)C(=O)N1CCCCC1CCn1cc(COc2ccccc2)nn1. The van der Waals surface area contributed by atoms with E-state index < -0.39 is 0 Å². The monoisotopic (exact) mass is 357 g/mol. The summed E-state index contributed by atoms with van der Waals surface area (Å²) in [6, 6.07) is 10.1. The Morgan fingerprint density at radius 2 is 2.08 bits per heavy atom. The van der Waals surface area contributed by atoms with Gasteiger partial charge in [-0.1, -0.05) is 23.4 Å². The highest BCUT2D eigenvalue weighted by Crippen LogP contribution is 2.21. The maximum absolute atomic E-state index is 12.3. The number of hydrogen-bond acceptors (Lipinski definition) is 4. The molecule has 0 N–H and O–H groups in total. The predicted molar refractivity (Wildman–Crippen MR) is 98.8 cm³/mol. The average Bonchev–Trinajstić information content (AvgIpc) is 3.13. The Hall–Kier alpha value is -2.57. The Bertz CT molecular complexity index is 701. The van der Waals surface area contributed by atoms with E-state index in [-0.39, 0.29) is 12.1 Å². The first-order valence-electron chi connectivity index (χ1n) is 9.18. The van der Waals surface area contributed by atoms with Gasteiger partial charge >= 0.3 is 6.03 Å². The van der Waals surface area contributed by atoms with Gasteiger partial charge in [0.1, 0.15) is 18.1 Å². The summed E-state index contributed by atoms with van der Waals surface area (Å²) in [5.41, 5.74) is 0.804. The number of benzene rings is 1. The zero-order valence-electron chi connectivity index (χ0n) is 15.5. The molecule has 3 rings (SSSR count). The van der Waals surface area contributed by atoms with Crippen molar-refractivity contribution < 1.29 is 9.53 Å². The Kier molecular flexibility index (Phi) is 6.09. The molecule has 1 aliphatic rings. The third kappa shape index (κ3) is 4.74. The van der Waals surface area contributed by atoms with Gasteiger partial charge in [-0.2, -0.15) is 0 Å². The molecule has 2 aromatic rings. The highest BCUT2D eigenvalue weighted by molar-refractivity contribution is 5.74. The standard InChI is InChI=1S/C19H27N5O2/c1-22(2)19(25)24-12-7-6-8-17(24)11-13-23-14-16(20-21-23)15-26-18-9-4-3-5-10-18/h3-5,9-10,14,17H,6-8,11-13,15H2,1-2H3. The molecule has 7 nitrogen and oxygen atoms in total. The molecule has 2 amide bonds. The summed E-state index contributed by atoms with van der Waals surface area (Å²) in [6.45, 7) is 1.99. The molecule has 0 aliphatic carbocycles. The van der Waals surface area contributed by atoms with Crippen molar-refractivity contribution in [3.05, 3.63) is 42.2 Å². The van der Waals surface area contributed by atoms with E-state index in [0.717, 1.165) is 43.8 Å². The minimum atomic E-state index is 0.102. The Morgan fingerprint density at radius 1 is 1.27 bits per heavy atom. The number of carbonyl (C=O) groups is 1. The van der Waals surface area contributed by atoms with Crippen molar-refractivity contribution in [2.75, 3.05) is 20.6 Å². The smallest absolute Gasteiger partial charge is 0.319 e. The van der Waals surface area contributed by atoms with Crippen LogP contribution >= 0.6 is 0 Å². The van der Waals surface area contributed by atoms with Gasteiger partial charge in [0.2, 0.25) is 0 Å². The van der Waals surface area contributed by atoms with Crippen molar-refractivity contribution in [1.29, 1.82) is 0 Å². The van der Waals surface area contributed by atoms with Crippen molar-refractivity contribution in [2.45, 2.75) is 44.9 Å². The Morgan fingerprint density at radius 3 is 2.85 bits per heavy atom. The number of aromatic nitrogens is 3. The third-order valence-electron chi connectivity index (χ3n) is 4.66. The molecule has 1 saturated heterocycles. The van der Waals surface area contributed by atoms with E-state index in [1.165, 1.54) is 6.42 Å². The first kappa shape index (κ1) is 18.2. The third-order valence-corrected chi connectivity index (χ3v) is 4.66. The number of amides is 2. The average molecular weight is 357 g/mol. The van der Waals surface area contributed by atoms with Gasteiger partial charge in [0.15, 0.2) is 0 Å². The van der Waals surface area contributed by atoms with Crippen LogP contribution < -0.4 is 4.74 Å². The van der Waals surface area contributed by atoms with E-state index in [1.807, 2.05) is 60.2 Å². The van der Waals surface area contributed by atoms with Crippen LogP contribution in [0.15, 0.2) is 36.5 Å². The van der Waals surface area contributed by atoms with Gasteiger partial charge in [0.25, 0.3) is 0 Å². The molecule has 0 bridgehead atoms. The Labute approximate surface area is 154 Å². The molecule has 2 heterocycles. The quantitative estimate of drug-likeness (QED) is 0.797. The second-order valence-corrected chi connectivity index (χ2v) is 6.88. The Balaban J connectivity index is 1.51. The van der Waals surface area contributed by atoms with Gasteiger partial charge < -0.3 is 14.5 Å². The van der Waals surface area contributed by atoms with Crippen LogP contribution in [0, 0.1) is 0 Å². The van der Waals surface area contributed by atoms with Crippen LogP contribution in [0.4, 0.5) is 4.79 Å². The number of likely N-dealkylation sites (tertiary alicyclic amines) is 1. The molecule has 7 heteroatoms. The number of hydrogen-bond donors (Lipinski definition) is 0. The maximum Gasteiger partial charge on any atom is 0.319 e. The van der Waals surface area contributed by atoms with Gasteiger partial charge in [-0.3, -0.25) is 4.68 Å². The fourth-order valence-electron chi connectivity index (χ4n) is 3.28. The number of para-hydroxylation sites is 1. The highest BCUT2D eigenvalue weighted by Gasteiger charge is 2.27. The topological polar surface area (TPSA) is 63.5 Å².